The minimum atomic E-state index is -0.409. The van der Waals surface area contributed by atoms with Crippen molar-refractivity contribution in [2.75, 3.05) is 6.61 Å². The van der Waals surface area contributed by atoms with Gasteiger partial charge in [-0.3, -0.25) is 15.1 Å². The van der Waals surface area contributed by atoms with E-state index in [1.807, 2.05) is 13.8 Å². The van der Waals surface area contributed by atoms with Gasteiger partial charge in [0.2, 0.25) is 0 Å². The van der Waals surface area contributed by atoms with Crippen molar-refractivity contribution in [1.29, 1.82) is 0 Å². The van der Waals surface area contributed by atoms with Gasteiger partial charge in [-0.2, -0.15) is 0 Å². The summed E-state index contributed by atoms with van der Waals surface area (Å²) in [5.41, 5.74) is 0.296. The van der Waals surface area contributed by atoms with Crippen LogP contribution < -0.4 is 4.74 Å². The molecule has 0 radical (unpaired) electrons. The Morgan fingerprint density at radius 1 is 1.55 bits per heavy atom. The number of nitrogens with zero attached hydrogens (tertiary/aromatic N) is 2. The van der Waals surface area contributed by atoms with E-state index in [0.29, 0.717) is 28.5 Å². The normalized spacial score (nSPS) is 26.5. The standard InChI is InChI=1S/C15H17BrN2O4/c1-9(2)22-14-4-13(18(19)20)10(3-12(14)16)7-17-15-5-11(6-15)21-8-15/h3-4,7,9,11H,5-6,8H2,1-2H3/b17-7+. The van der Waals surface area contributed by atoms with Crippen LogP contribution in [0.5, 0.6) is 5.75 Å². The molecular weight excluding hydrogens is 352 g/mol. The second-order valence-corrected chi connectivity index (χ2v) is 6.94. The highest BCUT2D eigenvalue weighted by atomic mass is 79.9. The fourth-order valence-electron chi connectivity index (χ4n) is 2.81. The van der Waals surface area contributed by atoms with Crippen LogP contribution in [0.15, 0.2) is 21.6 Å². The average molecular weight is 369 g/mol. The van der Waals surface area contributed by atoms with Gasteiger partial charge in [0, 0.05) is 19.1 Å². The van der Waals surface area contributed by atoms with Crippen molar-refractivity contribution in [3.63, 3.8) is 0 Å². The lowest BCUT2D eigenvalue weighted by Crippen LogP contribution is -2.37. The molecule has 1 aromatic rings. The molecule has 118 valence electrons. The SMILES string of the molecule is CC(C)Oc1cc([N+](=O)[O-])c(/C=N/C23COC(C2)C3)cc1Br. The third kappa shape index (κ3) is 2.87. The lowest BCUT2D eigenvalue weighted by atomic mass is 9.79. The summed E-state index contributed by atoms with van der Waals surface area (Å²) in [6, 6.07) is 3.12. The molecule has 1 aromatic carbocycles. The second-order valence-electron chi connectivity index (χ2n) is 6.09. The molecule has 2 saturated heterocycles. The lowest BCUT2D eigenvalue weighted by Gasteiger charge is -2.30. The highest BCUT2D eigenvalue weighted by Crippen LogP contribution is 2.45. The van der Waals surface area contributed by atoms with Crippen LogP contribution in [0.4, 0.5) is 5.69 Å². The van der Waals surface area contributed by atoms with Crippen LogP contribution in [0.1, 0.15) is 32.3 Å². The highest BCUT2D eigenvalue weighted by molar-refractivity contribution is 9.10. The van der Waals surface area contributed by atoms with E-state index in [9.17, 15) is 10.1 Å². The summed E-state index contributed by atoms with van der Waals surface area (Å²) in [6.45, 7) is 4.36. The van der Waals surface area contributed by atoms with E-state index in [4.69, 9.17) is 9.47 Å². The maximum atomic E-state index is 11.3. The Kier molecular flexibility index (Phi) is 3.94. The Morgan fingerprint density at radius 2 is 2.27 bits per heavy atom. The molecule has 0 atom stereocenters. The summed E-state index contributed by atoms with van der Waals surface area (Å²) in [6.07, 6.45) is 3.67. The van der Waals surface area contributed by atoms with Crippen molar-refractivity contribution in [1.82, 2.24) is 0 Å². The summed E-state index contributed by atoms with van der Waals surface area (Å²) in [7, 11) is 0. The van der Waals surface area contributed by atoms with Crippen LogP contribution in [0, 0.1) is 10.1 Å². The molecule has 0 unspecified atom stereocenters. The van der Waals surface area contributed by atoms with Gasteiger partial charge in [0.25, 0.3) is 5.69 Å². The smallest absolute Gasteiger partial charge is 0.281 e. The Labute approximate surface area is 136 Å². The number of halogens is 1. The van der Waals surface area contributed by atoms with Gasteiger partial charge in [0.05, 0.1) is 45.4 Å². The molecular formula is C15H17BrN2O4. The molecule has 1 aliphatic carbocycles. The zero-order valence-electron chi connectivity index (χ0n) is 12.4. The number of hydrogen-bond donors (Lipinski definition) is 0. The van der Waals surface area contributed by atoms with Crippen molar-refractivity contribution in [3.05, 3.63) is 32.3 Å². The summed E-state index contributed by atoms with van der Waals surface area (Å²) < 4.78 is 11.8. The predicted molar refractivity (Wildman–Crippen MR) is 85.9 cm³/mol. The van der Waals surface area contributed by atoms with E-state index in [1.54, 1.807) is 12.3 Å². The molecule has 2 aliphatic heterocycles. The molecule has 0 amide bonds. The average Bonchev–Trinajstić information content (AvgIpc) is 2.98. The molecule has 2 bridgehead atoms. The molecule has 0 aromatic heterocycles. The summed E-state index contributed by atoms with van der Waals surface area (Å²) in [5, 5.41) is 11.3. The zero-order valence-corrected chi connectivity index (χ0v) is 14.0. The largest absolute Gasteiger partial charge is 0.490 e. The van der Waals surface area contributed by atoms with Gasteiger partial charge in [-0.25, -0.2) is 0 Å². The summed E-state index contributed by atoms with van der Waals surface area (Å²) in [5.74, 6) is 0.463. The molecule has 22 heavy (non-hydrogen) atoms. The Hall–Kier alpha value is -1.47. The monoisotopic (exact) mass is 368 g/mol. The van der Waals surface area contributed by atoms with Crippen LogP contribution in [0.25, 0.3) is 0 Å². The third-order valence-corrected chi connectivity index (χ3v) is 4.54. The van der Waals surface area contributed by atoms with Gasteiger partial charge < -0.3 is 9.47 Å². The van der Waals surface area contributed by atoms with E-state index in [2.05, 4.69) is 20.9 Å². The molecule has 2 heterocycles. The van der Waals surface area contributed by atoms with Crippen LogP contribution in [0.2, 0.25) is 0 Å². The van der Waals surface area contributed by atoms with Crippen molar-refractivity contribution >= 4 is 27.8 Å². The van der Waals surface area contributed by atoms with Crippen molar-refractivity contribution in [2.24, 2.45) is 4.99 Å². The number of rotatable bonds is 5. The molecule has 3 fully saturated rings. The van der Waals surface area contributed by atoms with Crippen LogP contribution in [0.3, 0.4) is 0 Å². The molecule has 0 N–H and O–H groups in total. The van der Waals surface area contributed by atoms with E-state index in [1.165, 1.54) is 6.07 Å². The highest BCUT2D eigenvalue weighted by Gasteiger charge is 2.51. The first kappa shape index (κ1) is 15.4. The fourth-order valence-corrected chi connectivity index (χ4v) is 3.26. The number of fused-ring (bicyclic) bond motifs is 1. The number of hydrogen-bond acceptors (Lipinski definition) is 5. The summed E-state index contributed by atoms with van der Waals surface area (Å²) >= 11 is 3.40. The van der Waals surface area contributed by atoms with Gasteiger partial charge in [-0.1, -0.05) is 0 Å². The first-order valence-electron chi connectivity index (χ1n) is 7.20. The number of benzene rings is 1. The van der Waals surface area contributed by atoms with E-state index in [0.717, 1.165) is 12.8 Å². The van der Waals surface area contributed by atoms with E-state index < -0.39 is 4.92 Å². The second kappa shape index (κ2) is 5.62. The topological polar surface area (TPSA) is 74.0 Å². The number of nitro groups is 1. The molecule has 3 aliphatic rings. The first-order valence-corrected chi connectivity index (χ1v) is 7.99. The lowest BCUT2D eigenvalue weighted by molar-refractivity contribution is -0.385. The van der Waals surface area contributed by atoms with Gasteiger partial charge in [-0.05, 0) is 35.8 Å². The minimum Gasteiger partial charge on any atom is -0.490 e. The molecule has 6 nitrogen and oxygen atoms in total. The quantitative estimate of drug-likeness (QED) is 0.452. The van der Waals surface area contributed by atoms with Crippen LogP contribution >= 0.6 is 15.9 Å². The van der Waals surface area contributed by atoms with Crippen LogP contribution in [-0.4, -0.2) is 35.5 Å². The summed E-state index contributed by atoms with van der Waals surface area (Å²) in [4.78, 5) is 15.4. The Morgan fingerprint density at radius 3 is 2.82 bits per heavy atom. The van der Waals surface area contributed by atoms with Gasteiger partial charge in [0.15, 0.2) is 0 Å². The van der Waals surface area contributed by atoms with Gasteiger partial charge in [0.1, 0.15) is 5.75 Å². The minimum absolute atomic E-state index is 0.00575. The van der Waals surface area contributed by atoms with Crippen molar-refractivity contribution < 1.29 is 14.4 Å². The van der Waals surface area contributed by atoms with Gasteiger partial charge in [-0.15, -0.1) is 0 Å². The number of aliphatic imine (C=N–C) groups is 1. The van der Waals surface area contributed by atoms with E-state index >= 15 is 0 Å². The van der Waals surface area contributed by atoms with Crippen LogP contribution in [-0.2, 0) is 4.74 Å². The maximum Gasteiger partial charge on any atom is 0.281 e. The Bertz CT molecular complexity index is 633. The molecule has 1 saturated carbocycles. The zero-order chi connectivity index (χ0) is 15.9. The van der Waals surface area contributed by atoms with Gasteiger partial charge >= 0.3 is 0 Å². The molecule has 4 rings (SSSR count). The molecule has 0 spiro atoms. The number of nitro benzene ring substituents is 1. The third-order valence-electron chi connectivity index (χ3n) is 3.92. The van der Waals surface area contributed by atoms with Crippen molar-refractivity contribution in [2.45, 2.75) is 44.4 Å². The predicted octanol–water partition coefficient (Wildman–Crippen LogP) is 3.49. The van der Waals surface area contributed by atoms with E-state index in [-0.39, 0.29) is 17.3 Å². The maximum absolute atomic E-state index is 11.3. The fraction of sp³-hybridized carbons (Fsp3) is 0.533. The number of ether oxygens (including phenoxy) is 2. The first-order chi connectivity index (χ1) is 10.4. The van der Waals surface area contributed by atoms with Crippen molar-refractivity contribution in [3.8, 4) is 5.75 Å². The Balaban J connectivity index is 1.91. The molecule has 7 heteroatoms.